The standard InChI is InChI=1S/C15H18F3N5OS/c1-7-5-8(2)11(9(3)6-7)20-12(24)10(4)25-14-22-21-13(23(14)19)15(16,17)18/h5-6,10H,19H2,1-4H3,(H,20,24)/t10-/m0/s1. The molecule has 3 N–H and O–H groups in total. The van der Waals surface area contributed by atoms with Gasteiger partial charge in [0.2, 0.25) is 11.1 Å². The molecule has 0 aliphatic heterocycles. The molecule has 6 nitrogen and oxygen atoms in total. The molecule has 0 unspecified atom stereocenters. The number of rotatable bonds is 4. The number of nitrogen functional groups attached to an aromatic ring is 1. The van der Waals surface area contributed by atoms with Gasteiger partial charge in [0.15, 0.2) is 0 Å². The summed E-state index contributed by atoms with van der Waals surface area (Å²) in [5.41, 5.74) is 3.58. The van der Waals surface area contributed by atoms with Gasteiger partial charge in [0.05, 0.1) is 5.25 Å². The van der Waals surface area contributed by atoms with Crippen molar-refractivity contribution in [1.29, 1.82) is 0 Å². The minimum absolute atomic E-state index is 0.188. The summed E-state index contributed by atoms with van der Waals surface area (Å²) in [5, 5.41) is 8.34. The number of hydrogen-bond donors (Lipinski definition) is 2. The number of anilines is 1. The average Bonchev–Trinajstić information content (AvgIpc) is 2.83. The third-order valence-electron chi connectivity index (χ3n) is 3.49. The Morgan fingerprint density at radius 1 is 1.24 bits per heavy atom. The second kappa shape index (κ2) is 6.95. The average molecular weight is 373 g/mol. The summed E-state index contributed by atoms with van der Waals surface area (Å²) >= 11 is 0.802. The van der Waals surface area contributed by atoms with Gasteiger partial charge in [0.1, 0.15) is 0 Å². The summed E-state index contributed by atoms with van der Waals surface area (Å²) in [4.78, 5) is 12.4. The van der Waals surface area contributed by atoms with Gasteiger partial charge in [-0.25, -0.2) is 4.68 Å². The zero-order valence-electron chi connectivity index (χ0n) is 14.1. The van der Waals surface area contributed by atoms with Crippen LogP contribution >= 0.6 is 11.8 Å². The third-order valence-corrected chi connectivity index (χ3v) is 4.55. The molecule has 0 aliphatic carbocycles. The highest BCUT2D eigenvalue weighted by Gasteiger charge is 2.38. The molecule has 2 aromatic rings. The maximum Gasteiger partial charge on any atom is 0.453 e. The zero-order chi connectivity index (χ0) is 18.9. The molecule has 0 fully saturated rings. The molecule has 0 radical (unpaired) electrons. The van der Waals surface area contributed by atoms with Crippen molar-refractivity contribution in [1.82, 2.24) is 14.9 Å². The van der Waals surface area contributed by atoms with Crippen molar-refractivity contribution < 1.29 is 18.0 Å². The van der Waals surface area contributed by atoms with Gasteiger partial charge in [-0.05, 0) is 38.8 Å². The van der Waals surface area contributed by atoms with E-state index in [9.17, 15) is 18.0 Å². The van der Waals surface area contributed by atoms with Gasteiger partial charge in [-0.1, -0.05) is 29.5 Å². The van der Waals surface area contributed by atoms with Gasteiger partial charge in [-0.3, -0.25) is 4.79 Å². The molecule has 0 saturated carbocycles. The van der Waals surface area contributed by atoms with Crippen molar-refractivity contribution >= 4 is 23.4 Å². The second-order valence-corrected chi connectivity index (χ2v) is 7.00. The number of amides is 1. The molecule has 136 valence electrons. The van der Waals surface area contributed by atoms with Crippen molar-refractivity contribution in [3.63, 3.8) is 0 Å². The largest absolute Gasteiger partial charge is 0.453 e. The van der Waals surface area contributed by atoms with Gasteiger partial charge in [-0.15, -0.1) is 10.2 Å². The predicted octanol–water partition coefficient (Wildman–Crippen LogP) is 3.06. The molecule has 1 aromatic heterocycles. The normalized spacial score (nSPS) is 12.9. The van der Waals surface area contributed by atoms with E-state index in [2.05, 4.69) is 15.5 Å². The Bertz CT molecular complexity index is 780. The Morgan fingerprint density at radius 3 is 2.28 bits per heavy atom. The van der Waals surface area contributed by atoms with E-state index in [-0.39, 0.29) is 11.1 Å². The molecule has 0 spiro atoms. The van der Waals surface area contributed by atoms with Crippen LogP contribution in [0.15, 0.2) is 17.3 Å². The van der Waals surface area contributed by atoms with Crippen LogP contribution in [-0.2, 0) is 11.0 Å². The number of nitrogens with two attached hydrogens (primary N) is 1. The number of carbonyl (C=O) groups excluding carboxylic acids is 1. The number of aryl methyl sites for hydroxylation is 3. The Kier molecular flexibility index (Phi) is 5.31. The van der Waals surface area contributed by atoms with E-state index in [1.54, 1.807) is 6.92 Å². The van der Waals surface area contributed by atoms with Crippen LogP contribution in [-0.4, -0.2) is 26.0 Å². The van der Waals surface area contributed by atoms with E-state index in [0.29, 0.717) is 10.4 Å². The van der Waals surface area contributed by atoms with Crippen LogP contribution in [0.2, 0.25) is 0 Å². The van der Waals surface area contributed by atoms with E-state index in [0.717, 1.165) is 28.5 Å². The number of alkyl halides is 3. The first-order valence-electron chi connectivity index (χ1n) is 7.33. The number of benzene rings is 1. The number of nitrogens with one attached hydrogen (secondary N) is 1. The Labute approximate surface area is 147 Å². The third kappa shape index (κ3) is 4.25. The number of hydrogen-bond acceptors (Lipinski definition) is 5. The van der Waals surface area contributed by atoms with Crippen molar-refractivity contribution in [3.8, 4) is 0 Å². The number of aromatic nitrogens is 3. The number of nitrogens with zero attached hydrogens (tertiary/aromatic N) is 3. The van der Waals surface area contributed by atoms with Crippen LogP contribution in [0.4, 0.5) is 18.9 Å². The van der Waals surface area contributed by atoms with Crippen molar-refractivity contribution in [2.45, 2.75) is 44.3 Å². The molecule has 0 aliphatic rings. The summed E-state index contributed by atoms with van der Waals surface area (Å²) in [6, 6.07) is 3.87. The first-order chi connectivity index (χ1) is 11.5. The molecule has 0 bridgehead atoms. The first kappa shape index (κ1) is 19.1. The molecular weight excluding hydrogens is 355 g/mol. The van der Waals surface area contributed by atoms with E-state index in [1.165, 1.54) is 0 Å². The molecule has 10 heteroatoms. The summed E-state index contributed by atoms with van der Waals surface area (Å²) in [6.45, 7) is 7.26. The van der Waals surface area contributed by atoms with Crippen LogP contribution < -0.4 is 11.2 Å². The van der Waals surface area contributed by atoms with Gasteiger partial charge in [0, 0.05) is 5.69 Å². The first-order valence-corrected chi connectivity index (χ1v) is 8.21. The minimum atomic E-state index is -4.71. The Hall–Kier alpha value is -2.23. The van der Waals surface area contributed by atoms with E-state index in [4.69, 9.17) is 5.84 Å². The van der Waals surface area contributed by atoms with Crippen LogP contribution in [0.5, 0.6) is 0 Å². The van der Waals surface area contributed by atoms with Crippen LogP contribution in [0.25, 0.3) is 0 Å². The fraction of sp³-hybridized carbons (Fsp3) is 0.400. The summed E-state index contributed by atoms with van der Waals surface area (Å²) in [7, 11) is 0. The van der Waals surface area contributed by atoms with E-state index >= 15 is 0 Å². The topological polar surface area (TPSA) is 85.8 Å². The Morgan fingerprint density at radius 2 is 1.80 bits per heavy atom. The van der Waals surface area contributed by atoms with Crippen LogP contribution in [0.1, 0.15) is 29.4 Å². The second-order valence-electron chi connectivity index (χ2n) is 5.70. The van der Waals surface area contributed by atoms with Crippen molar-refractivity contribution in [3.05, 3.63) is 34.6 Å². The van der Waals surface area contributed by atoms with Gasteiger partial charge < -0.3 is 11.2 Å². The predicted molar refractivity (Wildman–Crippen MR) is 89.8 cm³/mol. The lowest BCUT2D eigenvalue weighted by Gasteiger charge is -2.16. The lowest BCUT2D eigenvalue weighted by atomic mass is 10.1. The van der Waals surface area contributed by atoms with Crippen LogP contribution in [0.3, 0.4) is 0 Å². The van der Waals surface area contributed by atoms with Crippen LogP contribution in [0, 0.1) is 20.8 Å². The molecule has 1 amide bonds. The van der Waals surface area contributed by atoms with Gasteiger partial charge >= 0.3 is 6.18 Å². The van der Waals surface area contributed by atoms with E-state index in [1.807, 2.05) is 32.9 Å². The Balaban J connectivity index is 2.13. The molecule has 0 saturated heterocycles. The van der Waals surface area contributed by atoms with Crippen molar-refractivity contribution in [2.24, 2.45) is 0 Å². The summed E-state index contributed by atoms with van der Waals surface area (Å²) in [5.74, 6) is 3.70. The molecule has 1 heterocycles. The maximum atomic E-state index is 12.7. The lowest BCUT2D eigenvalue weighted by Crippen LogP contribution is -2.25. The summed E-state index contributed by atoms with van der Waals surface area (Å²) in [6.07, 6.45) is -4.71. The molecule has 2 rings (SSSR count). The SMILES string of the molecule is Cc1cc(C)c(NC(=O)[C@H](C)Sc2nnc(C(F)(F)F)n2N)c(C)c1. The maximum absolute atomic E-state index is 12.7. The van der Waals surface area contributed by atoms with Crippen molar-refractivity contribution in [2.75, 3.05) is 11.2 Å². The monoisotopic (exact) mass is 373 g/mol. The molecule has 1 aromatic carbocycles. The zero-order valence-corrected chi connectivity index (χ0v) is 14.9. The number of halogens is 3. The minimum Gasteiger partial charge on any atom is -0.335 e. The molecule has 25 heavy (non-hydrogen) atoms. The van der Waals surface area contributed by atoms with E-state index < -0.39 is 17.3 Å². The summed E-state index contributed by atoms with van der Waals surface area (Å²) < 4.78 is 38.4. The smallest absolute Gasteiger partial charge is 0.335 e. The fourth-order valence-electron chi connectivity index (χ4n) is 2.36. The highest BCUT2D eigenvalue weighted by Crippen LogP contribution is 2.30. The quantitative estimate of drug-likeness (QED) is 0.635. The highest BCUT2D eigenvalue weighted by molar-refractivity contribution is 8.00. The number of carbonyl (C=O) groups is 1. The molecular formula is C15H18F3N5OS. The van der Waals surface area contributed by atoms with Gasteiger partial charge in [-0.2, -0.15) is 13.2 Å². The highest BCUT2D eigenvalue weighted by atomic mass is 32.2. The lowest BCUT2D eigenvalue weighted by molar-refractivity contribution is -0.146. The van der Waals surface area contributed by atoms with Gasteiger partial charge in [0.25, 0.3) is 5.82 Å². The fourth-order valence-corrected chi connectivity index (χ4v) is 3.13. The number of thioether (sulfide) groups is 1. The molecule has 1 atom stereocenters.